The smallest absolute Gasteiger partial charge is 0.247 e. The summed E-state index contributed by atoms with van der Waals surface area (Å²) in [5.74, 6) is -0.393. The first kappa shape index (κ1) is 11.2. The summed E-state index contributed by atoms with van der Waals surface area (Å²) < 4.78 is 0. The standard InChI is InChI=1S/C10H16N2OS/c1-2-3-6-12-7-4-5-8(9(11)13)10(12)14/h4-5,7,10,14H,2-3,6H2,1H3,(H2,11,13). The van der Waals surface area contributed by atoms with E-state index in [1.165, 1.54) is 0 Å². The van der Waals surface area contributed by atoms with Gasteiger partial charge in [0.15, 0.2) is 0 Å². The summed E-state index contributed by atoms with van der Waals surface area (Å²) in [6, 6.07) is 0. The van der Waals surface area contributed by atoms with Gasteiger partial charge in [0.1, 0.15) is 5.37 Å². The Bertz CT molecular complexity index is 273. The van der Waals surface area contributed by atoms with E-state index in [1.807, 2.05) is 17.2 Å². The summed E-state index contributed by atoms with van der Waals surface area (Å²) in [5, 5.41) is -0.191. The van der Waals surface area contributed by atoms with Crippen LogP contribution in [-0.4, -0.2) is 22.7 Å². The lowest BCUT2D eigenvalue weighted by molar-refractivity contribution is -0.114. The van der Waals surface area contributed by atoms with E-state index in [0.717, 1.165) is 19.4 Å². The van der Waals surface area contributed by atoms with Crippen molar-refractivity contribution in [3.8, 4) is 0 Å². The number of hydrogen-bond donors (Lipinski definition) is 2. The van der Waals surface area contributed by atoms with Crippen molar-refractivity contribution in [1.29, 1.82) is 0 Å². The fourth-order valence-corrected chi connectivity index (χ4v) is 1.76. The topological polar surface area (TPSA) is 46.3 Å². The van der Waals surface area contributed by atoms with Crippen molar-refractivity contribution in [3.05, 3.63) is 23.9 Å². The zero-order valence-electron chi connectivity index (χ0n) is 8.31. The molecule has 0 saturated heterocycles. The molecule has 0 aromatic heterocycles. The Morgan fingerprint density at radius 1 is 1.71 bits per heavy atom. The van der Waals surface area contributed by atoms with Crippen LogP contribution in [0.5, 0.6) is 0 Å². The van der Waals surface area contributed by atoms with Gasteiger partial charge in [0.05, 0.1) is 0 Å². The number of amides is 1. The molecule has 78 valence electrons. The molecule has 3 nitrogen and oxygen atoms in total. The van der Waals surface area contributed by atoms with Gasteiger partial charge in [0.25, 0.3) is 0 Å². The predicted octanol–water partition coefficient (Wildman–Crippen LogP) is 1.28. The molecule has 1 amide bonds. The third-order valence-electron chi connectivity index (χ3n) is 2.20. The van der Waals surface area contributed by atoms with E-state index in [-0.39, 0.29) is 5.37 Å². The van der Waals surface area contributed by atoms with Gasteiger partial charge in [-0.3, -0.25) is 4.79 Å². The highest BCUT2D eigenvalue weighted by Crippen LogP contribution is 2.19. The zero-order chi connectivity index (χ0) is 10.6. The highest BCUT2D eigenvalue weighted by molar-refractivity contribution is 7.81. The molecule has 1 aliphatic rings. The Morgan fingerprint density at radius 3 is 3.00 bits per heavy atom. The molecule has 0 aliphatic carbocycles. The molecule has 14 heavy (non-hydrogen) atoms. The van der Waals surface area contributed by atoms with Crippen molar-refractivity contribution in [2.24, 2.45) is 5.73 Å². The molecule has 1 rings (SSSR count). The van der Waals surface area contributed by atoms with Crippen LogP contribution in [0.25, 0.3) is 0 Å². The third kappa shape index (κ3) is 2.54. The fourth-order valence-electron chi connectivity index (χ4n) is 1.35. The summed E-state index contributed by atoms with van der Waals surface area (Å²) in [7, 11) is 0. The number of rotatable bonds is 4. The van der Waals surface area contributed by atoms with E-state index in [4.69, 9.17) is 5.73 Å². The van der Waals surface area contributed by atoms with Crippen molar-refractivity contribution >= 4 is 18.5 Å². The van der Waals surface area contributed by atoms with Crippen molar-refractivity contribution in [1.82, 2.24) is 4.90 Å². The van der Waals surface area contributed by atoms with Crippen LogP contribution in [0.15, 0.2) is 23.9 Å². The van der Waals surface area contributed by atoms with Gasteiger partial charge in [0, 0.05) is 18.3 Å². The Balaban J connectivity index is 2.63. The molecule has 0 aromatic carbocycles. The van der Waals surface area contributed by atoms with E-state index in [9.17, 15) is 4.79 Å². The molecular formula is C10H16N2OS. The van der Waals surface area contributed by atoms with Crippen LogP contribution < -0.4 is 5.73 Å². The quantitative estimate of drug-likeness (QED) is 0.690. The first-order chi connectivity index (χ1) is 6.66. The Hall–Kier alpha value is -0.900. The van der Waals surface area contributed by atoms with Crippen LogP contribution in [0.4, 0.5) is 0 Å². The van der Waals surface area contributed by atoms with E-state index in [0.29, 0.717) is 5.57 Å². The van der Waals surface area contributed by atoms with Gasteiger partial charge in [-0.2, -0.15) is 0 Å². The summed E-state index contributed by atoms with van der Waals surface area (Å²) in [4.78, 5) is 13.0. The minimum Gasteiger partial charge on any atom is -0.366 e. The lowest BCUT2D eigenvalue weighted by Gasteiger charge is -2.29. The summed E-state index contributed by atoms with van der Waals surface area (Å²) >= 11 is 4.37. The number of allylic oxidation sites excluding steroid dienone is 2. The second kappa shape index (κ2) is 5.10. The second-order valence-corrected chi connectivity index (χ2v) is 3.78. The molecule has 1 heterocycles. The molecule has 0 radical (unpaired) electrons. The normalized spacial score (nSPS) is 20.9. The number of carbonyl (C=O) groups excluding carboxylic acids is 1. The highest BCUT2D eigenvalue weighted by atomic mass is 32.1. The number of thiol groups is 1. The van der Waals surface area contributed by atoms with Crippen LogP contribution in [0.2, 0.25) is 0 Å². The van der Waals surface area contributed by atoms with Crippen LogP contribution in [0.3, 0.4) is 0 Å². The molecule has 0 fully saturated rings. The Kier molecular flexibility index (Phi) is 4.07. The minimum absolute atomic E-state index is 0.191. The average molecular weight is 212 g/mol. The fraction of sp³-hybridized carbons (Fsp3) is 0.500. The van der Waals surface area contributed by atoms with Crippen LogP contribution >= 0.6 is 12.6 Å². The van der Waals surface area contributed by atoms with Gasteiger partial charge >= 0.3 is 0 Å². The van der Waals surface area contributed by atoms with Crippen LogP contribution in [-0.2, 0) is 4.79 Å². The van der Waals surface area contributed by atoms with Gasteiger partial charge in [-0.05, 0) is 18.6 Å². The molecule has 1 unspecified atom stereocenters. The van der Waals surface area contributed by atoms with Gasteiger partial charge in [0.2, 0.25) is 5.91 Å². The van der Waals surface area contributed by atoms with Gasteiger partial charge in [-0.1, -0.05) is 13.3 Å². The molecule has 0 bridgehead atoms. The van der Waals surface area contributed by atoms with Gasteiger partial charge in [-0.15, -0.1) is 12.6 Å². The first-order valence-electron chi connectivity index (χ1n) is 4.78. The van der Waals surface area contributed by atoms with E-state index in [1.54, 1.807) is 6.08 Å². The SMILES string of the molecule is CCCCN1C=CC=C(C(N)=O)C1S. The largest absolute Gasteiger partial charge is 0.366 e. The maximum absolute atomic E-state index is 11.0. The minimum atomic E-state index is -0.393. The van der Waals surface area contributed by atoms with Gasteiger partial charge in [-0.25, -0.2) is 0 Å². The van der Waals surface area contributed by atoms with E-state index in [2.05, 4.69) is 19.6 Å². The molecular weight excluding hydrogens is 196 g/mol. The van der Waals surface area contributed by atoms with Crippen molar-refractivity contribution in [3.63, 3.8) is 0 Å². The van der Waals surface area contributed by atoms with E-state index >= 15 is 0 Å². The van der Waals surface area contributed by atoms with Crippen molar-refractivity contribution < 1.29 is 4.79 Å². The molecule has 0 saturated carbocycles. The highest BCUT2D eigenvalue weighted by Gasteiger charge is 2.21. The van der Waals surface area contributed by atoms with Crippen LogP contribution in [0.1, 0.15) is 19.8 Å². The number of nitrogens with two attached hydrogens (primary N) is 1. The Labute approximate surface area is 90.1 Å². The number of nitrogens with zero attached hydrogens (tertiary/aromatic N) is 1. The number of hydrogen-bond acceptors (Lipinski definition) is 3. The Morgan fingerprint density at radius 2 is 2.43 bits per heavy atom. The summed E-state index contributed by atoms with van der Waals surface area (Å²) in [6.45, 7) is 3.04. The molecule has 1 atom stereocenters. The number of primary amides is 1. The lowest BCUT2D eigenvalue weighted by Crippen LogP contribution is -2.35. The van der Waals surface area contributed by atoms with Crippen molar-refractivity contribution in [2.75, 3.05) is 6.54 Å². The van der Waals surface area contributed by atoms with Crippen molar-refractivity contribution in [2.45, 2.75) is 25.1 Å². The maximum atomic E-state index is 11.0. The molecule has 2 N–H and O–H groups in total. The predicted molar refractivity (Wildman–Crippen MR) is 60.8 cm³/mol. The second-order valence-electron chi connectivity index (χ2n) is 3.29. The summed E-state index contributed by atoms with van der Waals surface area (Å²) in [6.07, 6.45) is 7.72. The zero-order valence-corrected chi connectivity index (χ0v) is 9.21. The monoisotopic (exact) mass is 212 g/mol. The maximum Gasteiger partial charge on any atom is 0.247 e. The number of carbonyl (C=O) groups is 1. The molecule has 0 aromatic rings. The lowest BCUT2D eigenvalue weighted by atomic mass is 10.1. The average Bonchev–Trinajstić information content (AvgIpc) is 2.16. The van der Waals surface area contributed by atoms with Gasteiger partial charge < -0.3 is 10.6 Å². The summed E-state index contributed by atoms with van der Waals surface area (Å²) in [5.41, 5.74) is 5.79. The molecule has 1 aliphatic heterocycles. The molecule has 4 heteroatoms. The number of unbranched alkanes of at least 4 members (excludes halogenated alkanes) is 1. The third-order valence-corrected chi connectivity index (χ3v) is 2.77. The van der Waals surface area contributed by atoms with E-state index < -0.39 is 5.91 Å². The first-order valence-corrected chi connectivity index (χ1v) is 5.30. The molecule has 0 spiro atoms. The van der Waals surface area contributed by atoms with Crippen LogP contribution in [0, 0.1) is 0 Å².